The quantitative estimate of drug-likeness (QED) is 0.807. The summed E-state index contributed by atoms with van der Waals surface area (Å²) < 4.78 is 5.48. The van der Waals surface area contributed by atoms with Crippen molar-refractivity contribution in [3.05, 3.63) is 11.9 Å². The summed E-state index contributed by atoms with van der Waals surface area (Å²) in [6.45, 7) is 11.4. The molecule has 1 aromatic rings. The van der Waals surface area contributed by atoms with E-state index in [4.69, 9.17) is 4.74 Å². The van der Waals surface area contributed by atoms with Gasteiger partial charge in [0, 0.05) is 11.1 Å². The first-order valence-electron chi connectivity index (χ1n) is 5.08. The van der Waals surface area contributed by atoms with Gasteiger partial charge in [0.2, 0.25) is 0 Å². The molecule has 3 heteroatoms. The summed E-state index contributed by atoms with van der Waals surface area (Å²) in [5.41, 5.74) is 1.21. The van der Waals surface area contributed by atoms with Crippen LogP contribution in [0.5, 0.6) is 6.01 Å². The van der Waals surface area contributed by atoms with E-state index in [0.29, 0.717) is 18.5 Å². The fraction of sp³-hybridized carbons (Fsp3) is 0.727. The minimum absolute atomic E-state index is 0.104. The molecule has 0 radical (unpaired) electrons. The molecule has 0 atom stereocenters. The second-order valence-corrected chi connectivity index (χ2v) is 5.06. The second-order valence-electron chi connectivity index (χ2n) is 5.06. The van der Waals surface area contributed by atoms with Crippen molar-refractivity contribution in [2.75, 3.05) is 6.61 Å². The van der Waals surface area contributed by atoms with E-state index in [2.05, 4.69) is 44.6 Å². The summed E-state index contributed by atoms with van der Waals surface area (Å²) in [4.78, 5) is 7.35. The Morgan fingerprint density at radius 3 is 2.50 bits per heavy atom. The van der Waals surface area contributed by atoms with Crippen LogP contribution in [-0.2, 0) is 5.41 Å². The maximum absolute atomic E-state index is 5.48. The predicted molar refractivity (Wildman–Crippen MR) is 57.6 cm³/mol. The number of rotatable bonds is 3. The van der Waals surface area contributed by atoms with Crippen molar-refractivity contribution < 1.29 is 4.74 Å². The van der Waals surface area contributed by atoms with E-state index < -0.39 is 0 Å². The average Bonchev–Trinajstić information content (AvgIpc) is 2.47. The Balaban J connectivity index is 2.60. The number of H-pyrrole nitrogens is 1. The van der Waals surface area contributed by atoms with E-state index >= 15 is 0 Å². The molecule has 1 N–H and O–H groups in total. The van der Waals surface area contributed by atoms with Gasteiger partial charge in [-0.2, -0.15) is 0 Å². The molecule has 0 spiro atoms. The highest BCUT2D eigenvalue weighted by atomic mass is 16.5. The van der Waals surface area contributed by atoms with Crippen LogP contribution in [0, 0.1) is 5.92 Å². The third-order valence-electron chi connectivity index (χ3n) is 1.91. The number of ether oxygens (including phenoxy) is 1. The lowest BCUT2D eigenvalue weighted by atomic mass is 9.93. The smallest absolute Gasteiger partial charge is 0.293 e. The fourth-order valence-corrected chi connectivity index (χ4v) is 1.00. The molecule has 1 aromatic heterocycles. The highest BCUT2D eigenvalue weighted by Crippen LogP contribution is 2.21. The molecule has 0 aromatic carbocycles. The largest absolute Gasteiger partial charge is 0.465 e. The van der Waals surface area contributed by atoms with Crippen LogP contribution in [0.25, 0.3) is 0 Å². The highest BCUT2D eigenvalue weighted by molar-refractivity contribution is 5.13. The summed E-state index contributed by atoms with van der Waals surface area (Å²) in [7, 11) is 0. The van der Waals surface area contributed by atoms with Crippen LogP contribution in [0.4, 0.5) is 0 Å². The van der Waals surface area contributed by atoms with Crippen molar-refractivity contribution in [1.29, 1.82) is 0 Å². The summed E-state index contributed by atoms with van der Waals surface area (Å²) >= 11 is 0. The Bertz CT molecular complexity index is 284. The molecule has 0 saturated carbocycles. The summed E-state index contributed by atoms with van der Waals surface area (Å²) in [6.07, 6.45) is 1.84. The van der Waals surface area contributed by atoms with Crippen molar-refractivity contribution in [2.24, 2.45) is 5.92 Å². The molecule has 0 amide bonds. The number of nitrogens with one attached hydrogen (secondary N) is 1. The monoisotopic (exact) mass is 196 g/mol. The molecule has 0 fully saturated rings. The fourth-order valence-electron chi connectivity index (χ4n) is 1.00. The van der Waals surface area contributed by atoms with Crippen molar-refractivity contribution in [3.63, 3.8) is 0 Å². The second kappa shape index (κ2) is 4.03. The molecule has 1 heterocycles. The Morgan fingerprint density at radius 2 is 2.07 bits per heavy atom. The first kappa shape index (κ1) is 11.1. The maximum Gasteiger partial charge on any atom is 0.293 e. The molecule has 0 aliphatic carbocycles. The van der Waals surface area contributed by atoms with Gasteiger partial charge in [-0.05, 0) is 5.92 Å². The molecule has 1 rings (SSSR count). The Morgan fingerprint density at radius 1 is 1.43 bits per heavy atom. The van der Waals surface area contributed by atoms with Crippen LogP contribution in [-0.4, -0.2) is 16.6 Å². The van der Waals surface area contributed by atoms with Crippen LogP contribution in [0.3, 0.4) is 0 Å². The number of hydrogen-bond donors (Lipinski definition) is 1. The standard InChI is InChI=1S/C11H20N2O/c1-8(2)7-14-10-12-6-9(13-10)11(3,4)5/h6,8H,7H2,1-5H3,(H,12,13). The minimum Gasteiger partial charge on any atom is -0.465 e. The van der Waals surface area contributed by atoms with Crippen LogP contribution in [0.2, 0.25) is 0 Å². The SMILES string of the molecule is CC(C)COc1ncc(C(C)(C)C)[nH]1. The zero-order valence-electron chi connectivity index (χ0n) is 9.72. The van der Waals surface area contributed by atoms with Gasteiger partial charge in [-0.15, -0.1) is 0 Å². The summed E-state index contributed by atoms with van der Waals surface area (Å²) in [6, 6.07) is 0.628. The molecule has 14 heavy (non-hydrogen) atoms. The van der Waals surface area contributed by atoms with Gasteiger partial charge < -0.3 is 9.72 Å². The van der Waals surface area contributed by atoms with Gasteiger partial charge >= 0.3 is 0 Å². The van der Waals surface area contributed by atoms with Gasteiger partial charge in [-0.3, -0.25) is 0 Å². The third kappa shape index (κ3) is 3.05. The van der Waals surface area contributed by atoms with Gasteiger partial charge in [0.15, 0.2) is 0 Å². The molecular weight excluding hydrogens is 176 g/mol. The number of aromatic nitrogens is 2. The number of nitrogens with zero attached hydrogens (tertiary/aromatic N) is 1. The van der Waals surface area contributed by atoms with Crippen molar-refractivity contribution in [3.8, 4) is 6.01 Å². The summed E-state index contributed by atoms with van der Waals surface area (Å²) in [5, 5.41) is 0. The molecule has 0 aliphatic heterocycles. The molecule has 3 nitrogen and oxygen atoms in total. The van der Waals surface area contributed by atoms with Gasteiger partial charge in [-0.1, -0.05) is 34.6 Å². The number of hydrogen-bond acceptors (Lipinski definition) is 2. The van der Waals surface area contributed by atoms with Crippen LogP contribution >= 0.6 is 0 Å². The average molecular weight is 196 g/mol. The lowest BCUT2D eigenvalue weighted by Crippen LogP contribution is -2.11. The highest BCUT2D eigenvalue weighted by Gasteiger charge is 2.16. The van der Waals surface area contributed by atoms with E-state index in [1.807, 2.05) is 6.20 Å². The zero-order valence-corrected chi connectivity index (χ0v) is 9.72. The molecule has 0 unspecified atom stereocenters. The number of imidazole rings is 1. The normalized spacial score (nSPS) is 12.1. The maximum atomic E-state index is 5.48. The minimum atomic E-state index is 0.104. The van der Waals surface area contributed by atoms with Crippen molar-refractivity contribution >= 4 is 0 Å². The lowest BCUT2D eigenvalue weighted by molar-refractivity contribution is 0.252. The Hall–Kier alpha value is -0.990. The molecule has 0 bridgehead atoms. The topological polar surface area (TPSA) is 37.9 Å². The first-order valence-corrected chi connectivity index (χ1v) is 5.08. The Kier molecular flexibility index (Phi) is 3.19. The molecule has 0 saturated heterocycles. The van der Waals surface area contributed by atoms with E-state index in [9.17, 15) is 0 Å². The van der Waals surface area contributed by atoms with E-state index in [1.54, 1.807) is 0 Å². The lowest BCUT2D eigenvalue weighted by Gasteiger charge is -2.15. The van der Waals surface area contributed by atoms with E-state index in [1.165, 1.54) is 0 Å². The van der Waals surface area contributed by atoms with E-state index in [-0.39, 0.29) is 5.41 Å². The molecular formula is C11H20N2O. The van der Waals surface area contributed by atoms with Crippen LogP contribution in [0.15, 0.2) is 6.20 Å². The predicted octanol–water partition coefficient (Wildman–Crippen LogP) is 2.74. The number of aromatic amines is 1. The third-order valence-corrected chi connectivity index (χ3v) is 1.91. The zero-order chi connectivity index (χ0) is 10.8. The molecule has 0 aliphatic rings. The summed E-state index contributed by atoms with van der Waals surface area (Å²) in [5.74, 6) is 0.526. The van der Waals surface area contributed by atoms with Gasteiger partial charge in [0.1, 0.15) is 0 Å². The first-order chi connectivity index (χ1) is 6.39. The van der Waals surface area contributed by atoms with Gasteiger partial charge in [0.25, 0.3) is 6.01 Å². The van der Waals surface area contributed by atoms with Crippen LogP contribution in [0.1, 0.15) is 40.3 Å². The molecule has 80 valence electrons. The van der Waals surface area contributed by atoms with Crippen molar-refractivity contribution in [2.45, 2.75) is 40.0 Å². The van der Waals surface area contributed by atoms with Crippen molar-refractivity contribution in [1.82, 2.24) is 9.97 Å². The Labute approximate surface area is 85.9 Å². The van der Waals surface area contributed by atoms with Gasteiger partial charge in [0.05, 0.1) is 12.8 Å². The van der Waals surface area contributed by atoms with Gasteiger partial charge in [-0.25, -0.2) is 4.98 Å². The van der Waals surface area contributed by atoms with Crippen LogP contribution < -0.4 is 4.74 Å². The van der Waals surface area contributed by atoms with E-state index in [0.717, 1.165) is 5.69 Å².